The van der Waals surface area contributed by atoms with Gasteiger partial charge >= 0.3 is 0 Å². The molecule has 7 nitrogen and oxygen atoms in total. The van der Waals surface area contributed by atoms with Gasteiger partial charge in [-0.05, 0) is 57.0 Å². The smallest absolute Gasteiger partial charge is 0.246 e. The van der Waals surface area contributed by atoms with Crippen LogP contribution < -0.4 is 0 Å². The molecule has 3 aromatic rings. The molecule has 156 valence electrons. The SMILES string of the molecule is Cc1noc(C2CCCN(C(=O)/C=C/c3c(C)nn(-c4ccc(F)cc4)c3Cl)C2)n1. The Bertz CT molecular complexity index is 1090. The van der Waals surface area contributed by atoms with Gasteiger partial charge in [0.05, 0.1) is 17.3 Å². The fraction of sp³-hybridized carbons (Fsp3) is 0.333. The number of hydrogen-bond donors (Lipinski definition) is 0. The molecule has 1 unspecified atom stereocenters. The highest BCUT2D eigenvalue weighted by Crippen LogP contribution is 2.27. The fourth-order valence-corrected chi connectivity index (χ4v) is 3.91. The molecule has 9 heteroatoms. The molecule has 1 fully saturated rings. The van der Waals surface area contributed by atoms with E-state index in [-0.39, 0.29) is 17.6 Å². The Balaban J connectivity index is 1.49. The van der Waals surface area contributed by atoms with Crippen LogP contribution in [0.3, 0.4) is 0 Å². The van der Waals surface area contributed by atoms with E-state index in [1.165, 1.54) is 22.9 Å². The van der Waals surface area contributed by atoms with Crippen LogP contribution in [0.2, 0.25) is 5.15 Å². The lowest BCUT2D eigenvalue weighted by Crippen LogP contribution is -2.38. The molecule has 0 saturated carbocycles. The number of piperidine rings is 1. The fourth-order valence-electron chi connectivity index (χ4n) is 3.57. The number of carbonyl (C=O) groups excluding carboxylic acids is 1. The molecule has 0 bridgehead atoms. The Morgan fingerprint density at radius 2 is 2.07 bits per heavy atom. The third-order valence-corrected chi connectivity index (χ3v) is 5.50. The van der Waals surface area contributed by atoms with E-state index < -0.39 is 0 Å². The first-order valence-corrected chi connectivity index (χ1v) is 10.1. The topological polar surface area (TPSA) is 77.0 Å². The number of halogens is 2. The van der Waals surface area contributed by atoms with Gasteiger partial charge in [-0.3, -0.25) is 4.79 Å². The second-order valence-electron chi connectivity index (χ2n) is 7.31. The van der Waals surface area contributed by atoms with Crippen molar-refractivity contribution in [1.29, 1.82) is 0 Å². The molecule has 1 atom stereocenters. The predicted octanol–water partition coefficient (Wildman–Crippen LogP) is 4.08. The molecule has 0 N–H and O–H groups in total. The maximum Gasteiger partial charge on any atom is 0.246 e. The van der Waals surface area contributed by atoms with Crippen LogP contribution >= 0.6 is 11.6 Å². The zero-order valence-corrected chi connectivity index (χ0v) is 17.4. The standard InChI is InChI=1S/C21H21ClFN5O2/c1-13-18(20(22)28(25-13)17-7-5-16(23)6-8-17)9-10-19(29)27-11-3-4-15(12-27)21-24-14(2)26-30-21/h5-10,15H,3-4,11-12H2,1-2H3/b10-9+. The first-order valence-electron chi connectivity index (χ1n) is 9.70. The van der Waals surface area contributed by atoms with Crippen LogP contribution in [0.15, 0.2) is 34.9 Å². The summed E-state index contributed by atoms with van der Waals surface area (Å²) in [6.07, 6.45) is 4.96. The van der Waals surface area contributed by atoms with Crippen molar-refractivity contribution in [1.82, 2.24) is 24.8 Å². The minimum absolute atomic E-state index is 0.0452. The lowest BCUT2D eigenvalue weighted by Gasteiger charge is -2.30. The van der Waals surface area contributed by atoms with Gasteiger partial charge < -0.3 is 9.42 Å². The molecule has 2 aromatic heterocycles. The number of likely N-dealkylation sites (tertiary alicyclic amines) is 1. The molecule has 1 aliphatic rings. The molecule has 0 spiro atoms. The summed E-state index contributed by atoms with van der Waals surface area (Å²) in [6.45, 7) is 4.80. The summed E-state index contributed by atoms with van der Waals surface area (Å²) >= 11 is 6.48. The maximum absolute atomic E-state index is 13.2. The van der Waals surface area contributed by atoms with Gasteiger partial charge in [-0.15, -0.1) is 0 Å². The summed E-state index contributed by atoms with van der Waals surface area (Å²) in [5.41, 5.74) is 1.96. The molecule has 0 radical (unpaired) electrons. The highest BCUT2D eigenvalue weighted by molar-refractivity contribution is 6.31. The number of benzene rings is 1. The van der Waals surface area contributed by atoms with Crippen molar-refractivity contribution in [2.24, 2.45) is 0 Å². The van der Waals surface area contributed by atoms with Crippen LogP contribution in [-0.4, -0.2) is 43.8 Å². The van der Waals surface area contributed by atoms with Gasteiger partial charge in [0.1, 0.15) is 11.0 Å². The van der Waals surface area contributed by atoms with Gasteiger partial charge in [-0.25, -0.2) is 9.07 Å². The second kappa shape index (κ2) is 8.39. The van der Waals surface area contributed by atoms with E-state index >= 15 is 0 Å². The molecule has 1 aliphatic heterocycles. The summed E-state index contributed by atoms with van der Waals surface area (Å²) in [7, 11) is 0. The van der Waals surface area contributed by atoms with Gasteiger partial charge in [0.25, 0.3) is 0 Å². The van der Waals surface area contributed by atoms with Crippen molar-refractivity contribution in [2.75, 3.05) is 13.1 Å². The maximum atomic E-state index is 13.2. The van der Waals surface area contributed by atoms with Crippen LogP contribution in [0.1, 0.15) is 41.7 Å². The van der Waals surface area contributed by atoms with Crippen molar-refractivity contribution in [3.05, 3.63) is 64.3 Å². The number of aryl methyl sites for hydroxylation is 2. The van der Waals surface area contributed by atoms with E-state index in [1.807, 2.05) is 6.92 Å². The zero-order chi connectivity index (χ0) is 21.3. The van der Waals surface area contributed by atoms with Gasteiger partial charge in [-0.1, -0.05) is 16.8 Å². The molecule has 1 amide bonds. The highest BCUT2D eigenvalue weighted by Gasteiger charge is 2.27. The van der Waals surface area contributed by atoms with Crippen molar-refractivity contribution in [3.8, 4) is 5.69 Å². The monoisotopic (exact) mass is 429 g/mol. The van der Waals surface area contributed by atoms with Crippen LogP contribution in [0, 0.1) is 19.7 Å². The van der Waals surface area contributed by atoms with Gasteiger partial charge in [0.15, 0.2) is 5.82 Å². The molecule has 30 heavy (non-hydrogen) atoms. The molecule has 3 heterocycles. The van der Waals surface area contributed by atoms with Gasteiger partial charge in [0, 0.05) is 24.7 Å². The average Bonchev–Trinajstić information content (AvgIpc) is 3.30. The van der Waals surface area contributed by atoms with E-state index in [0.717, 1.165) is 12.8 Å². The molecule has 1 saturated heterocycles. The van der Waals surface area contributed by atoms with Crippen molar-refractivity contribution >= 4 is 23.6 Å². The summed E-state index contributed by atoms with van der Waals surface area (Å²) in [5.74, 6) is 0.773. The summed E-state index contributed by atoms with van der Waals surface area (Å²) < 4.78 is 20.0. The van der Waals surface area contributed by atoms with Crippen LogP contribution in [-0.2, 0) is 4.79 Å². The van der Waals surface area contributed by atoms with E-state index in [4.69, 9.17) is 16.1 Å². The average molecular weight is 430 g/mol. The Kier molecular flexibility index (Phi) is 5.67. The van der Waals surface area contributed by atoms with E-state index in [1.54, 1.807) is 30.0 Å². The Labute approximate surface area is 178 Å². The lowest BCUT2D eigenvalue weighted by atomic mass is 9.98. The Morgan fingerprint density at radius 3 is 2.77 bits per heavy atom. The summed E-state index contributed by atoms with van der Waals surface area (Å²) in [5, 5.41) is 8.62. The molecular formula is C21H21ClFN5O2. The molecular weight excluding hydrogens is 409 g/mol. The number of aromatic nitrogens is 4. The van der Waals surface area contributed by atoms with Crippen LogP contribution in [0.25, 0.3) is 11.8 Å². The predicted molar refractivity (Wildman–Crippen MR) is 110 cm³/mol. The van der Waals surface area contributed by atoms with Crippen LogP contribution in [0.4, 0.5) is 4.39 Å². The van der Waals surface area contributed by atoms with Crippen molar-refractivity contribution in [3.63, 3.8) is 0 Å². The Morgan fingerprint density at radius 1 is 1.30 bits per heavy atom. The molecule has 4 rings (SSSR count). The normalized spacial score (nSPS) is 17.1. The van der Waals surface area contributed by atoms with E-state index in [9.17, 15) is 9.18 Å². The van der Waals surface area contributed by atoms with Crippen LogP contribution in [0.5, 0.6) is 0 Å². The highest BCUT2D eigenvalue weighted by atomic mass is 35.5. The number of nitrogens with zero attached hydrogens (tertiary/aromatic N) is 5. The van der Waals surface area contributed by atoms with Crippen molar-refractivity contribution < 1.29 is 13.7 Å². The van der Waals surface area contributed by atoms with Gasteiger partial charge in [0.2, 0.25) is 11.8 Å². The van der Waals surface area contributed by atoms with Crippen molar-refractivity contribution in [2.45, 2.75) is 32.6 Å². The first kappa shape index (κ1) is 20.3. The molecule has 1 aromatic carbocycles. The quantitative estimate of drug-likeness (QED) is 0.584. The third kappa shape index (κ3) is 4.14. The second-order valence-corrected chi connectivity index (χ2v) is 7.67. The summed E-state index contributed by atoms with van der Waals surface area (Å²) in [6, 6.07) is 5.89. The lowest BCUT2D eigenvalue weighted by molar-refractivity contribution is -0.127. The number of hydrogen-bond acceptors (Lipinski definition) is 5. The first-order chi connectivity index (χ1) is 14.4. The largest absolute Gasteiger partial charge is 0.339 e. The van der Waals surface area contributed by atoms with E-state index in [2.05, 4.69) is 15.2 Å². The molecule has 0 aliphatic carbocycles. The number of rotatable bonds is 4. The Hall–Kier alpha value is -3.00. The summed E-state index contributed by atoms with van der Waals surface area (Å²) in [4.78, 5) is 18.8. The van der Waals surface area contributed by atoms with E-state index in [0.29, 0.717) is 46.9 Å². The zero-order valence-electron chi connectivity index (χ0n) is 16.7. The minimum atomic E-state index is -0.333. The number of amides is 1. The number of carbonyl (C=O) groups is 1. The van der Waals surface area contributed by atoms with Gasteiger partial charge in [-0.2, -0.15) is 10.1 Å². The minimum Gasteiger partial charge on any atom is -0.339 e. The third-order valence-electron chi connectivity index (χ3n) is 5.14.